The predicted molar refractivity (Wildman–Crippen MR) is 130 cm³/mol. The molecule has 1 saturated carbocycles. The molecule has 0 aromatic rings. The largest absolute Gasteiger partial charge is 0.411 e. The van der Waals surface area contributed by atoms with Crippen molar-refractivity contribution in [3.63, 3.8) is 0 Å². The second-order valence-electron chi connectivity index (χ2n) is 9.94. The van der Waals surface area contributed by atoms with Crippen molar-refractivity contribution >= 4 is 14.6 Å². The minimum atomic E-state index is -1.75. The van der Waals surface area contributed by atoms with Crippen molar-refractivity contribution in [2.45, 2.75) is 121 Å². The van der Waals surface area contributed by atoms with Gasteiger partial charge in [0.05, 0.1) is 24.9 Å². The first-order valence-electron chi connectivity index (χ1n) is 13.3. The molecular weight excluding hydrogens is 420 g/mol. The third-order valence-corrected chi connectivity index (χ3v) is 12.8. The van der Waals surface area contributed by atoms with Crippen LogP contribution in [0.1, 0.15) is 78.6 Å². The Morgan fingerprint density at radius 3 is 2.31 bits per heavy atom. The molecule has 2 unspecified atom stereocenters. The highest BCUT2D eigenvalue weighted by Gasteiger charge is 2.42. The molecule has 0 aromatic heterocycles. The molecule has 0 N–H and O–H groups in total. The zero-order chi connectivity index (χ0) is 22.8. The van der Waals surface area contributed by atoms with E-state index in [1.807, 2.05) is 0 Å². The van der Waals surface area contributed by atoms with Crippen molar-refractivity contribution in [3.8, 4) is 0 Å². The second-order valence-corrected chi connectivity index (χ2v) is 14.7. The van der Waals surface area contributed by atoms with Crippen molar-refractivity contribution in [1.82, 2.24) is 0 Å². The van der Waals surface area contributed by atoms with Crippen molar-refractivity contribution in [2.24, 2.45) is 11.8 Å². The zero-order valence-corrected chi connectivity index (χ0v) is 21.6. The Hall–Kier alpha value is -0.533. The Kier molecular flexibility index (Phi) is 10.9. The number of hydrogen-bond acceptors (Lipinski definition) is 5. The van der Waals surface area contributed by atoms with Gasteiger partial charge in [-0.2, -0.15) is 0 Å². The van der Waals surface area contributed by atoms with Gasteiger partial charge in [0.2, 0.25) is 0 Å². The molecule has 2 saturated heterocycles. The Morgan fingerprint density at radius 2 is 1.69 bits per heavy atom. The summed E-state index contributed by atoms with van der Waals surface area (Å²) < 4.78 is 25.3. The zero-order valence-electron chi connectivity index (χ0n) is 20.6. The first-order chi connectivity index (χ1) is 15.6. The van der Waals surface area contributed by atoms with Crippen LogP contribution in [0, 0.1) is 11.8 Å². The van der Waals surface area contributed by atoms with E-state index in [1.54, 1.807) is 0 Å². The van der Waals surface area contributed by atoms with E-state index in [9.17, 15) is 4.79 Å². The Balaban J connectivity index is 1.68. The van der Waals surface area contributed by atoms with Gasteiger partial charge in [0.1, 0.15) is 6.29 Å². The summed E-state index contributed by atoms with van der Waals surface area (Å²) in [6.07, 6.45) is 15.5. The fourth-order valence-electron chi connectivity index (χ4n) is 5.69. The topological polar surface area (TPSA) is 54.0 Å². The van der Waals surface area contributed by atoms with Gasteiger partial charge in [0.15, 0.2) is 14.6 Å². The van der Waals surface area contributed by atoms with Gasteiger partial charge in [0, 0.05) is 18.9 Å². The maximum Gasteiger partial charge on any atom is 0.192 e. The summed E-state index contributed by atoms with van der Waals surface area (Å²) in [7, 11) is -1.75. The lowest BCUT2D eigenvalue weighted by molar-refractivity contribution is -0.189. The van der Waals surface area contributed by atoms with Crippen LogP contribution in [-0.4, -0.2) is 52.4 Å². The second kappa shape index (κ2) is 13.4. The van der Waals surface area contributed by atoms with Crippen LogP contribution in [-0.2, 0) is 23.4 Å². The van der Waals surface area contributed by atoms with E-state index in [2.05, 4.69) is 32.9 Å². The third-order valence-electron chi connectivity index (χ3n) is 8.11. The van der Waals surface area contributed by atoms with Crippen LogP contribution in [0.3, 0.4) is 0 Å². The molecule has 0 aromatic carbocycles. The minimum Gasteiger partial charge on any atom is -0.411 e. The van der Waals surface area contributed by atoms with Gasteiger partial charge in [0.25, 0.3) is 0 Å². The highest BCUT2D eigenvalue weighted by molar-refractivity contribution is 6.73. The number of aldehydes is 1. The van der Waals surface area contributed by atoms with Gasteiger partial charge in [-0.1, -0.05) is 52.2 Å². The normalized spacial score (nSPS) is 31.2. The fraction of sp³-hybridized carbons (Fsp3) is 0.885. The maximum absolute atomic E-state index is 11.5. The summed E-state index contributed by atoms with van der Waals surface area (Å²) in [4.78, 5) is 11.5. The molecule has 3 fully saturated rings. The Bertz CT molecular complexity index is 558. The van der Waals surface area contributed by atoms with Crippen molar-refractivity contribution in [3.05, 3.63) is 12.2 Å². The molecule has 184 valence electrons. The number of carbonyl (C=O) groups excluding carboxylic acids is 1. The van der Waals surface area contributed by atoms with Crippen molar-refractivity contribution < 1.29 is 23.4 Å². The maximum atomic E-state index is 11.5. The number of carbonyl (C=O) groups is 1. The SMILES string of the molecule is CC[Si](CC)(CC)O[C@H]1CO[C@H](/C=C/C(OC2CCCCO2)C2CCCCC2)[C@H]1CC=O. The van der Waals surface area contributed by atoms with Crippen LogP contribution in [0.25, 0.3) is 0 Å². The van der Waals surface area contributed by atoms with Gasteiger partial charge < -0.3 is 23.4 Å². The van der Waals surface area contributed by atoms with Crippen LogP contribution in [0.5, 0.6) is 0 Å². The summed E-state index contributed by atoms with van der Waals surface area (Å²) in [5.41, 5.74) is 0. The molecule has 3 aliphatic rings. The first kappa shape index (κ1) is 26.1. The molecule has 2 heterocycles. The van der Waals surface area contributed by atoms with Gasteiger partial charge in [-0.15, -0.1) is 0 Å². The number of ether oxygens (including phenoxy) is 3. The lowest BCUT2D eigenvalue weighted by atomic mass is 9.84. The van der Waals surface area contributed by atoms with Crippen molar-refractivity contribution in [1.29, 1.82) is 0 Å². The van der Waals surface area contributed by atoms with Crippen LogP contribution < -0.4 is 0 Å². The molecule has 5 atom stereocenters. The van der Waals surface area contributed by atoms with E-state index in [1.165, 1.54) is 38.5 Å². The van der Waals surface area contributed by atoms with Crippen molar-refractivity contribution in [2.75, 3.05) is 13.2 Å². The van der Waals surface area contributed by atoms with Crippen LogP contribution in [0.15, 0.2) is 12.2 Å². The molecule has 0 amide bonds. The van der Waals surface area contributed by atoms with Gasteiger partial charge in [-0.3, -0.25) is 0 Å². The molecule has 2 aliphatic heterocycles. The number of hydrogen-bond donors (Lipinski definition) is 0. The molecule has 32 heavy (non-hydrogen) atoms. The van der Waals surface area contributed by atoms with Gasteiger partial charge in [-0.05, 0) is 56.2 Å². The summed E-state index contributed by atoms with van der Waals surface area (Å²) >= 11 is 0. The highest BCUT2D eigenvalue weighted by Crippen LogP contribution is 2.35. The predicted octanol–water partition coefficient (Wildman–Crippen LogP) is 6.03. The van der Waals surface area contributed by atoms with Crippen LogP contribution >= 0.6 is 0 Å². The van der Waals surface area contributed by atoms with E-state index >= 15 is 0 Å². The average molecular weight is 467 g/mol. The number of rotatable bonds is 12. The molecule has 0 bridgehead atoms. The van der Waals surface area contributed by atoms with E-state index in [-0.39, 0.29) is 30.5 Å². The highest BCUT2D eigenvalue weighted by atomic mass is 28.4. The lowest BCUT2D eigenvalue weighted by Crippen LogP contribution is -2.43. The standard InChI is InChI=1S/C26H46O5Si/c1-4-32(5-2,6-3)31-25-20-29-24(22(25)17-18-27)16-15-23(21-12-8-7-9-13-21)30-26-14-10-11-19-28-26/h15-16,18,21-26H,4-14,17,19-20H2,1-3H3/b16-15+/t22-,23?,24-,25+,26?/m1/s1. The lowest BCUT2D eigenvalue weighted by Gasteiger charge is -2.34. The summed E-state index contributed by atoms with van der Waals surface area (Å²) in [6, 6.07) is 3.34. The van der Waals surface area contributed by atoms with E-state index in [0.29, 0.717) is 18.9 Å². The molecule has 0 radical (unpaired) electrons. The minimum absolute atomic E-state index is 0.0251. The first-order valence-corrected chi connectivity index (χ1v) is 15.9. The molecular formula is C26H46O5Si. The van der Waals surface area contributed by atoms with Gasteiger partial charge in [-0.25, -0.2) is 0 Å². The average Bonchev–Trinajstić information content (AvgIpc) is 3.22. The Labute approximate surface area is 196 Å². The smallest absolute Gasteiger partial charge is 0.192 e. The van der Waals surface area contributed by atoms with E-state index in [0.717, 1.165) is 43.9 Å². The third kappa shape index (κ3) is 6.99. The van der Waals surface area contributed by atoms with E-state index in [4.69, 9.17) is 18.6 Å². The summed E-state index contributed by atoms with van der Waals surface area (Å²) in [5.74, 6) is 0.641. The molecule has 1 aliphatic carbocycles. The van der Waals surface area contributed by atoms with Crippen LogP contribution in [0.2, 0.25) is 18.1 Å². The monoisotopic (exact) mass is 466 g/mol. The molecule has 6 heteroatoms. The molecule has 5 nitrogen and oxygen atoms in total. The van der Waals surface area contributed by atoms with Gasteiger partial charge >= 0.3 is 0 Å². The summed E-state index contributed by atoms with van der Waals surface area (Å²) in [5, 5.41) is 0. The molecule has 0 spiro atoms. The fourth-order valence-corrected chi connectivity index (χ4v) is 8.58. The van der Waals surface area contributed by atoms with Crippen LogP contribution in [0.4, 0.5) is 0 Å². The Morgan fingerprint density at radius 1 is 0.969 bits per heavy atom. The molecule has 3 rings (SSSR count). The summed E-state index contributed by atoms with van der Waals surface area (Å²) in [6.45, 7) is 8.14. The van der Waals surface area contributed by atoms with E-state index < -0.39 is 8.32 Å². The quantitative estimate of drug-likeness (QED) is 0.200.